The van der Waals surface area contributed by atoms with Crippen LogP contribution in [0.5, 0.6) is 0 Å². The molecule has 4 aliphatic rings. The van der Waals surface area contributed by atoms with Gasteiger partial charge in [-0.05, 0) is 118 Å². The third-order valence-electron chi connectivity index (χ3n) is 10.8. The molecule has 188 valence electrons. The summed E-state index contributed by atoms with van der Waals surface area (Å²) < 4.78 is 4.72. The Balaban J connectivity index is 1.29. The molecule has 0 spiro atoms. The summed E-state index contributed by atoms with van der Waals surface area (Å²) in [6.07, 6.45) is 16.1. The number of hydrogen-bond acceptors (Lipinski definition) is 4. The van der Waals surface area contributed by atoms with Gasteiger partial charge in [-0.25, -0.2) is 0 Å². The fraction of sp³-hybridized carbons (Fsp3) is 0.897. The number of esters is 1. The molecule has 0 bridgehead atoms. The fourth-order valence-electron chi connectivity index (χ4n) is 8.89. The number of aliphatic hydroxyl groups is 1. The van der Waals surface area contributed by atoms with Crippen molar-refractivity contribution in [2.75, 3.05) is 20.2 Å². The topological polar surface area (TPSA) is 58.6 Å². The zero-order chi connectivity index (χ0) is 23.6. The predicted molar refractivity (Wildman–Crippen MR) is 134 cm³/mol. The molecular weight excluding hydrogens is 410 g/mol. The molecule has 4 aliphatic carbocycles. The number of carbonyl (C=O) groups is 1. The normalized spacial score (nSPS) is 40.9. The molecular formula is C29H49NO3. The summed E-state index contributed by atoms with van der Waals surface area (Å²) in [6, 6.07) is 0. The van der Waals surface area contributed by atoms with Crippen molar-refractivity contribution in [2.24, 2.45) is 40.4 Å². The lowest BCUT2D eigenvalue weighted by atomic mass is 9.47. The van der Waals surface area contributed by atoms with E-state index in [9.17, 15) is 9.90 Å². The van der Waals surface area contributed by atoms with E-state index in [-0.39, 0.29) is 12.1 Å². The van der Waals surface area contributed by atoms with Gasteiger partial charge in [-0.3, -0.25) is 4.79 Å². The van der Waals surface area contributed by atoms with Gasteiger partial charge < -0.3 is 15.2 Å². The van der Waals surface area contributed by atoms with Crippen molar-refractivity contribution in [2.45, 2.75) is 104 Å². The van der Waals surface area contributed by atoms with Crippen LogP contribution in [0.25, 0.3) is 0 Å². The molecule has 0 amide bonds. The van der Waals surface area contributed by atoms with E-state index in [2.05, 4.69) is 32.2 Å². The summed E-state index contributed by atoms with van der Waals surface area (Å²) in [5.41, 5.74) is 2.44. The lowest BCUT2D eigenvalue weighted by Crippen LogP contribution is -2.51. The zero-order valence-corrected chi connectivity index (χ0v) is 21.7. The van der Waals surface area contributed by atoms with Crippen LogP contribution < -0.4 is 5.32 Å². The van der Waals surface area contributed by atoms with E-state index >= 15 is 0 Å². The monoisotopic (exact) mass is 459 g/mol. The van der Waals surface area contributed by atoms with E-state index in [1.807, 2.05) is 0 Å². The second-order valence-corrected chi connectivity index (χ2v) is 12.5. The number of methoxy groups -OCH3 is 1. The maximum Gasteiger partial charge on any atom is 0.305 e. The molecule has 33 heavy (non-hydrogen) atoms. The molecule has 0 aliphatic heterocycles. The van der Waals surface area contributed by atoms with E-state index in [1.165, 1.54) is 45.6 Å². The molecule has 8 atom stereocenters. The standard InChI is InChI=1S/C29H49NO3/c1-20(19-30-17-7-5-6-8-27(32)33-4)24-11-12-25-23-10-9-21-18-22(31)13-15-28(21,2)26(23)14-16-29(24,25)3/h9,20,22-26,30-31H,5-8,10-19H2,1-4H3/t20-,22+,23?,24-,25+,26+,28+,29-/m1/s1. The maximum absolute atomic E-state index is 11.2. The number of carbonyl (C=O) groups excluding carboxylic acids is 1. The Morgan fingerprint density at radius 2 is 1.97 bits per heavy atom. The maximum atomic E-state index is 11.2. The van der Waals surface area contributed by atoms with Gasteiger partial charge in [-0.15, -0.1) is 0 Å². The fourth-order valence-corrected chi connectivity index (χ4v) is 8.89. The first-order valence-corrected chi connectivity index (χ1v) is 13.9. The largest absolute Gasteiger partial charge is 0.469 e. The van der Waals surface area contributed by atoms with Gasteiger partial charge in [0.15, 0.2) is 0 Å². The van der Waals surface area contributed by atoms with Crippen molar-refractivity contribution in [3.8, 4) is 0 Å². The van der Waals surface area contributed by atoms with Gasteiger partial charge in [0.1, 0.15) is 0 Å². The molecule has 1 unspecified atom stereocenters. The van der Waals surface area contributed by atoms with Crippen molar-refractivity contribution in [3.63, 3.8) is 0 Å². The molecule has 3 saturated carbocycles. The van der Waals surface area contributed by atoms with Crippen LogP contribution in [0, 0.1) is 40.4 Å². The Kier molecular flexibility index (Phi) is 7.95. The molecule has 4 heteroatoms. The van der Waals surface area contributed by atoms with Crippen LogP contribution in [0.1, 0.15) is 97.8 Å². The number of ether oxygens (including phenoxy) is 1. The summed E-state index contributed by atoms with van der Waals surface area (Å²) in [5, 5.41) is 14.0. The number of unbranched alkanes of at least 4 members (excludes halogenated alkanes) is 2. The first-order chi connectivity index (χ1) is 15.8. The summed E-state index contributed by atoms with van der Waals surface area (Å²) in [5.74, 6) is 4.04. The highest BCUT2D eigenvalue weighted by Gasteiger charge is 2.59. The van der Waals surface area contributed by atoms with Crippen molar-refractivity contribution >= 4 is 5.97 Å². The second kappa shape index (κ2) is 10.4. The van der Waals surface area contributed by atoms with Crippen LogP contribution in [-0.4, -0.2) is 37.4 Å². The van der Waals surface area contributed by atoms with Crippen LogP contribution >= 0.6 is 0 Å². The van der Waals surface area contributed by atoms with Gasteiger partial charge in [0.2, 0.25) is 0 Å². The van der Waals surface area contributed by atoms with Gasteiger partial charge in [0.05, 0.1) is 13.2 Å². The highest BCUT2D eigenvalue weighted by Crippen LogP contribution is 2.67. The van der Waals surface area contributed by atoms with Crippen LogP contribution in [0.4, 0.5) is 0 Å². The summed E-state index contributed by atoms with van der Waals surface area (Å²) >= 11 is 0. The van der Waals surface area contributed by atoms with Gasteiger partial charge >= 0.3 is 5.97 Å². The highest BCUT2D eigenvalue weighted by molar-refractivity contribution is 5.68. The minimum atomic E-state index is -0.105. The van der Waals surface area contributed by atoms with E-state index in [1.54, 1.807) is 5.57 Å². The smallest absolute Gasteiger partial charge is 0.305 e. The Morgan fingerprint density at radius 3 is 2.76 bits per heavy atom. The van der Waals surface area contributed by atoms with E-state index in [0.29, 0.717) is 17.3 Å². The molecule has 0 aromatic carbocycles. The van der Waals surface area contributed by atoms with Crippen LogP contribution in [0.2, 0.25) is 0 Å². The van der Waals surface area contributed by atoms with Crippen molar-refractivity contribution in [3.05, 3.63) is 11.6 Å². The summed E-state index contributed by atoms with van der Waals surface area (Å²) in [7, 11) is 1.47. The summed E-state index contributed by atoms with van der Waals surface area (Å²) in [6.45, 7) is 9.84. The second-order valence-electron chi connectivity index (χ2n) is 12.5. The van der Waals surface area contributed by atoms with Gasteiger partial charge in [-0.1, -0.05) is 38.8 Å². The first-order valence-electron chi connectivity index (χ1n) is 13.9. The average molecular weight is 460 g/mol. The number of rotatable bonds is 9. The van der Waals surface area contributed by atoms with Crippen molar-refractivity contribution < 1.29 is 14.6 Å². The quantitative estimate of drug-likeness (QED) is 0.257. The Bertz CT molecular complexity index is 720. The zero-order valence-electron chi connectivity index (χ0n) is 21.7. The number of nitrogens with one attached hydrogen (secondary N) is 1. The number of aliphatic hydroxyl groups excluding tert-OH is 1. The van der Waals surface area contributed by atoms with Crippen molar-refractivity contribution in [1.29, 1.82) is 0 Å². The van der Waals surface area contributed by atoms with E-state index in [4.69, 9.17) is 4.74 Å². The molecule has 0 heterocycles. The van der Waals surface area contributed by atoms with Crippen LogP contribution in [-0.2, 0) is 9.53 Å². The number of fused-ring (bicyclic) bond motifs is 5. The molecule has 4 nitrogen and oxygen atoms in total. The minimum absolute atomic E-state index is 0.0879. The highest BCUT2D eigenvalue weighted by atomic mass is 16.5. The molecule has 0 aromatic rings. The Labute approximate surface area is 202 Å². The Hall–Kier alpha value is -0.870. The van der Waals surface area contributed by atoms with Crippen LogP contribution in [0.3, 0.4) is 0 Å². The predicted octanol–water partition coefficient (Wildman–Crippen LogP) is 5.89. The van der Waals surface area contributed by atoms with Crippen LogP contribution in [0.15, 0.2) is 11.6 Å². The lowest BCUT2D eigenvalue weighted by Gasteiger charge is -2.58. The summed E-state index contributed by atoms with van der Waals surface area (Å²) in [4.78, 5) is 11.2. The van der Waals surface area contributed by atoms with Gasteiger partial charge in [0.25, 0.3) is 0 Å². The van der Waals surface area contributed by atoms with Crippen molar-refractivity contribution in [1.82, 2.24) is 5.32 Å². The average Bonchev–Trinajstić information content (AvgIpc) is 3.16. The molecule has 0 aromatic heterocycles. The number of allylic oxidation sites excluding steroid dienone is 1. The van der Waals surface area contributed by atoms with E-state index in [0.717, 1.165) is 74.8 Å². The lowest BCUT2D eigenvalue weighted by molar-refractivity contribution is -0.140. The minimum Gasteiger partial charge on any atom is -0.469 e. The molecule has 4 rings (SSSR count). The molecule has 0 saturated heterocycles. The Morgan fingerprint density at radius 1 is 1.15 bits per heavy atom. The van der Waals surface area contributed by atoms with Gasteiger partial charge in [0, 0.05) is 6.42 Å². The third kappa shape index (κ3) is 4.94. The first kappa shape index (κ1) is 25.2. The van der Waals surface area contributed by atoms with Gasteiger partial charge in [-0.2, -0.15) is 0 Å². The van der Waals surface area contributed by atoms with E-state index < -0.39 is 0 Å². The molecule has 3 fully saturated rings. The molecule has 0 radical (unpaired) electrons. The number of hydrogen-bond donors (Lipinski definition) is 2. The SMILES string of the molecule is COC(=O)CCCCCNC[C@@H](C)[C@H]1CC[C@H]2C3CC=C4C[C@@H](O)CC[C@]4(C)[C@H]3CC[C@]12C. The molecule has 2 N–H and O–H groups in total. The third-order valence-corrected chi connectivity index (χ3v) is 10.8.